The summed E-state index contributed by atoms with van der Waals surface area (Å²) < 4.78 is 0. The van der Waals surface area contributed by atoms with Crippen LogP contribution in [0, 0.1) is 0 Å². The highest BCUT2D eigenvalue weighted by atomic mass is 16.3. The molecule has 0 saturated heterocycles. The summed E-state index contributed by atoms with van der Waals surface area (Å²) in [6, 6.07) is 3.75. The first-order valence-electron chi connectivity index (χ1n) is 6.88. The monoisotopic (exact) mass is 283 g/mol. The molecule has 6 nitrogen and oxygen atoms in total. The van der Waals surface area contributed by atoms with Crippen LogP contribution in [0.15, 0.2) is 29.4 Å². The molecule has 0 unspecified atom stereocenters. The normalized spacial score (nSPS) is 13.7. The zero-order valence-corrected chi connectivity index (χ0v) is 11.6. The van der Waals surface area contributed by atoms with Crippen molar-refractivity contribution >= 4 is 34.3 Å². The first-order valence-corrected chi connectivity index (χ1v) is 6.88. The summed E-state index contributed by atoms with van der Waals surface area (Å²) in [6.07, 6.45) is 6.29. The van der Waals surface area contributed by atoms with E-state index in [1.807, 2.05) is 18.3 Å². The largest absolute Gasteiger partial charge is 0.396 e. The van der Waals surface area contributed by atoms with Crippen LogP contribution in [0.5, 0.6) is 0 Å². The third-order valence-electron chi connectivity index (χ3n) is 3.33. The molecule has 3 rings (SSSR count). The SMILES string of the molecule is Nc1cc(NCCCO)c2ncc(C3=CC=NC3)cc2n1. The van der Waals surface area contributed by atoms with Gasteiger partial charge in [0, 0.05) is 37.2 Å². The second-order valence-corrected chi connectivity index (χ2v) is 4.87. The van der Waals surface area contributed by atoms with Gasteiger partial charge in [0.1, 0.15) is 11.3 Å². The minimum Gasteiger partial charge on any atom is -0.396 e. The lowest BCUT2D eigenvalue weighted by atomic mass is 10.1. The maximum absolute atomic E-state index is 8.86. The van der Waals surface area contributed by atoms with Gasteiger partial charge in [-0.15, -0.1) is 0 Å². The minimum absolute atomic E-state index is 0.150. The van der Waals surface area contributed by atoms with Crippen LogP contribution in [0.4, 0.5) is 11.5 Å². The number of fused-ring (bicyclic) bond motifs is 1. The average Bonchev–Trinajstić information content (AvgIpc) is 3.01. The Kier molecular flexibility index (Phi) is 3.79. The molecule has 2 aromatic heterocycles. The van der Waals surface area contributed by atoms with Crippen molar-refractivity contribution in [3.05, 3.63) is 30.0 Å². The summed E-state index contributed by atoms with van der Waals surface area (Å²) in [5, 5.41) is 12.1. The van der Waals surface area contributed by atoms with Crippen LogP contribution in [0.25, 0.3) is 16.6 Å². The van der Waals surface area contributed by atoms with Crippen LogP contribution in [0.2, 0.25) is 0 Å². The van der Waals surface area contributed by atoms with E-state index in [2.05, 4.69) is 20.3 Å². The van der Waals surface area contributed by atoms with Gasteiger partial charge in [-0.3, -0.25) is 9.98 Å². The molecule has 0 amide bonds. The number of anilines is 2. The van der Waals surface area contributed by atoms with E-state index in [9.17, 15) is 0 Å². The number of allylic oxidation sites excluding steroid dienone is 1. The molecular formula is C15H17N5O. The number of hydrogen-bond acceptors (Lipinski definition) is 6. The van der Waals surface area contributed by atoms with Crippen molar-refractivity contribution in [3.63, 3.8) is 0 Å². The van der Waals surface area contributed by atoms with Crippen molar-refractivity contribution in [3.8, 4) is 0 Å². The third kappa shape index (κ3) is 2.85. The summed E-state index contributed by atoms with van der Waals surface area (Å²) >= 11 is 0. The Labute approximate surface area is 122 Å². The van der Waals surface area contributed by atoms with Crippen LogP contribution >= 0.6 is 0 Å². The van der Waals surface area contributed by atoms with Gasteiger partial charge in [0.25, 0.3) is 0 Å². The van der Waals surface area contributed by atoms with Gasteiger partial charge in [0.2, 0.25) is 0 Å². The van der Waals surface area contributed by atoms with Crippen LogP contribution in [0.3, 0.4) is 0 Å². The maximum atomic E-state index is 8.86. The molecule has 0 spiro atoms. The van der Waals surface area contributed by atoms with Gasteiger partial charge in [-0.05, 0) is 24.1 Å². The molecule has 0 bridgehead atoms. The molecular weight excluding hydrogens is 266 g/mol. The smallest absolute Gasteiger partial charge is 0.126 e. The fourth-order valence-electron chi connectivity index (χ4n) is 2.28. The lowest BCUT2D eigenvalue weighted by molar-refractivity contribution is 0.292. The molecule has 4 N–H and O–H groups in total. The Hall–Kier alpha value is -2.47. The Morgan fingerprint density at radius 3 is 3.00 bits per heavy atom. The van der Waals surface area contributed by atoms with E-state index in [1.165, 1.54) is 0 Å². The molecule has 21 heavy (non-hydrogen) atoms. The highest BCUT2D eigenvalue weighted by molar-refractivity contribution is 5.94. The van der Waals surface area contributed by atoms with Gasteiger partial charge < -0.3 is 16.2 Å². The molecule has 0 fully saturated rings. The number of nitrogens with zero attached hydrogens (tertiary/aromatic N) is 3. The van der Waals surface area contributed by atoms with Crippen LogP contribution in [0.1, 0.15) is 12.0 Å². The summed E-state index contributed by atoms with van der Waals surface area (Å²) in [5.74, 6) is 0.449. The average molecular weight is 283 g/mol. The van der Waals surface area contributed by atoms with Crippen molar-refractivity contribution in [1.82, 2.24) is 9.97 Å². The number of rotatable bonds is 5. The van der Waals surface area contributed by atoms with Crippen LogP contribution in [-0.4, -0.2) is 41.0 Å². The van der Waals surface area contributed by atoms with Gasteiger partial charge >= 0.3 is 0 Å². The zero-order valence-electron chi connectivity index (χ0n) is 11.6. The van der Waals surface area contributed by atoms with Crippen molar-refractivity contribution in [2.24, 2.45) is 4.99 Å². The Bertz CT molecular complexity index is 723. The van der Waals surface area contributed by atoms with Crippen molar-refractivity contribution in [1.29, 1.82) is 0 Å². The number of aliphatic hydroxyl groups is 1. The fraction of sp³-hybridized carbons (Fsp3) is 0.267. The summed E-state index contributed by atoms with van der Waals surface area (Å²) in [6.45, 7) is 1.49. The number of aromatic nitrogens is 2. The van der Waals surface area contributed by atoms with Crippen molar-refractivity contribution in [2.75, 3.05) is 30.7 Å². The van der Waals surface area contributed by atoms with Gasteiger partial charge in [-0.25, -0.2) is 4.98 Å². The predicted octanol–water partition coefficient (Wildman–Crippen LogP) is 1.47. The minimum atomic E-state index is 0.150. The highest BCUT2D eigenvalue weighted by Crippen LogP contribution is 2.26. The summed E-state index contributed by atoms with van der Waals surface area (Å²) in [7, 11) is 0. The van der Waals surface area contributed by atoms with Gasteiger partial charge in [-0.1, -0.05) is 0 Å². The molecule has 108 valence electrons. The van der Waals surface area contributed by atoms with Crippen molar-refractivity contribution in [2.45, 2.75) is 6.42 Å². The first-order chi connectivity index (χ1) is 10.3. The molecule has 2 aromatic rings. The van der Waals surface area contributed by atoms with Gasteiger partial charge in [0.05, 0.1) is 17.7 Å². The number of nitrogen functional groups attached to an aromatic ring is 1. The van der Waals surface area contributed by atoms with E-state index < -0.39 is 0 Å². The van der Waals surface area contributed by atoms with E-state index in [-0.39, 0.29) is 6.61 Å². The van der Waals surface area contributed by atoms with E-state index in [0.29, 0.717) is 25.3 Å². The zero-order chi connectivity index (χ0) is 14.7. The number of nitrogens with one attached hydrogen (secondary N) is 1. The summed E-state index contributed by atoms with van der Waals surface area (Å²) in [4.78, 5) is 13.0. The fourth-order valence-corrected chi connectivity index (χ4v) is 2.28. The lowest BCUT2D eigenvalue weighted by Crippen LogP contribution is -2.06. The standard InChI is InChI=1S/C15H17N5O/c16-14-7-12(18-3-1-5-21)15-13(20-14)6-11(9-19-15)10-2-4-17-8-10/h2,4,6-7,9,21H,1,3,5,8H2,(H3,16,18,20). The molecule has 1 aliphatic rings. The van der Waals surface area contributed by atoms with Crippen LogP contribution < -0.4 is 11.1 Å². The number of hydrogen-bond donors (Lipinski definition) is 3. The number of pyridine rings is 2. The molecule has 0 atom stereocenters. The molecule has 0 aromatic carbocycles. The summed E-state index contributed by atoms with van der Waals surface area (Å²) in [5.41, 5.74) is 10.4. The van der Waals surface area contributed by atoms with Gasteiger partial charge in [-0.2, -0.15) is 0 Å². The van der Waals surface area contributed by atoms with Crippen molar-refractivity contribution < 1.29 is 5.11 Å². The lowest BCUT2D eigenvalue weighted by Gasteiger charge is -2.10. The topological polar surface area (TPSA) is 96.4 Å². The third-order valence-corrected chi connectivity index (χ3v) is 3.33. The van der Waals surface area contributed by atoms with E-state index in [1.54, 1.807) is 12.3 Å². The number of nitrogens with two attached hydrogens (primary N) is 1. The molecule has 0 radical (unpaired) electrons. The number of aliphatic imine (C=N–C) groups is 1. The van der Waals surface area contributed by atoms with E-state index in [4.69, 9.17) is 10.8 Å². The Morgan fingerprint density at radius 1 is 1.33 bits per heavy atom. The predicted molar refractivity (Wildman–Crippen MR) is 85.5 cm³/mol. The maximum Gasteiger partial charge on any atom is 0.126 e. The molecule has 1 aliphatic heterocycles. The molecule has 0 aliphatic carbocycles. The molecule has 6 heteroatoms. The Morgan fingerprint density at radius 2 is 2.24 bits per heavy atom. The van der Waals surface area contributed by atoms with E-state index >= 15 is 0 Å². The first kappa shape index (κ1) is 13.5. The highest BCUT2D eigenvalue weighted by Gasteiger charge is 2.10. The number of aliphatic hydroxyl groups excluding tert-OH is 1. The second kappa shape index (κ2) is 5.88. The molecule has 3 heterocycles. The van der Waals surface area contributed by atoms with Crippen LogP contribution in [-0.2, 0) is 0 Å². The van der Waals surface area contributed by atoms with E-state index in [0.717, 1.165) is 27.9 Å². The molecule has 0 saturated carbocycles. The Balaban J connectivity index is 1.97. The van der Waals surface area contributed by atoms with Gasteiger partial charge in [0.15, 0.2) is 0 Å². The quantitative estimate of drug-likeness (QED) is 0.722. The second-order valence-electron chi connectivity index (χ2n) is 4.87.